The van der Waals surface area contributed by atoms with Gasteiger partial charge in [-0.25, -0.2) is 8.42 Å². The zero-order valence-electron chi connectivity index (χ0n) is 9.90. The Balaban J connectivity index is 3.06. The summed E-state index contributed by atoms with van der Waals surface area (Å²) in [5, 5.41) is 0. The molecule has 0 aromatic carbocycles. The molecule has 5 heteroatoms. The van der Waals surface area contributed by atoms with Crippen molar-refractivity contribution < 1.29 is 8.42 Å². The Bertz CT molecular complexity index is 461. The van der Waals surface area contributed by atoms with Gasteiger partial charge in [0.05, 0.1) is 16.2 Å². The second-order valence-corrected chi connectivity index (χ2v) is 7.43. The van der Waals surface area contributed by atoms with E-state index in [0.717, 1.165) is 0 Å². The lowest BCUT2D eigenvalue weighted by atomic mass is 10.2. The van der Waals surface area contributed by atoms with Crippen molar-refractivity contribution in [3.8, 4) is 0 Å². The summed E-state index contributed by atoms with van der Waals surface area (Å²) in [6, 6.07) is 3.49. The second kappa shape index (κ2) is 4.51. The van der Waals surface area contributed by atoms with E-state index in [4.69, 9.17) is 5.73 Å². The summed E-state index contributed by atoms with van der Waals surface area (Å²) >= 11 is 0. The smallest absolute Gasteiger partial charge is 0.159 e. The number of sulfone groups is 1. The van der Waals surface area contributed by atoms with Crippen LogP contribution in [-0.2, 0) is 22.1 Å². The molecule has 1 rings (SSSR count). The van der Waals surface area contributed by atoms with Crippen LogP contribution in [0.1, 0.15) is 32.0 Å². The van der Waals surface area contributed by atoms with E-state index >= 15 is 0 Å². The Morgan fingerprint density at radius 1 is 1.38 bits per heavy atom. The molecule has 1 aromatic heterocycles. The van der Waals surface area contributed by atoms with E-state index in [2.05, 4.69) is 4.98 Å². The third-order valence-electron chi connectivity index (χ3n) is 2.46. The maximum Gasteiger partial charge on any atom is 0.159 e. The van der Waals surface area contributed by atoms with Crippen molar-refractivity contribution in [1.29, 1.82) is 0 Å². The molecule has 0 unspecified atom stereocenters. The monoisotopic (exact) mass is 242 g/mol. The molecule has 0 atom stereocenters. The molecular formula is C11H18N2O2S. The zero-order chi connectivity index (χ0) is 12.4. The molecule has 0 saturated heterocycles. The molecule has 0 aliphatic heterocycles. The van der Waals surface area contributed by atoms with E-state index in [1.54, 1.807) is 39.1 Å². The number of pyridine rings is 1. The van der Waals surface area contributed by atoms with Crippen molar-refractivity contribution in [3.05, 3.63) is 29.6 Å². The molecule has 1 aromatic rings. The van der Waals surface area contributed by atoms with Crippen molar-refractivity contribution in [2.45, 2.75) is 37.8 Å². The summed E-state index contributed by atoms with van der Waals surface area (Å²) in [6.45, 7) is 5.35. The van der Waals surface area contributed by atoms with Crippen LogP contribution in [0.25, 0.3) is 0 Å². The lowest BCUT2D eigenvalue weighted by Gasteiger charge is -2.19. The van der Waals surface area contributed by atoms with Crippen LogP contribution in [0.3, 0.4) is 0 Å². The average molecular weight is 242 g/mol. The fourth-order valence-electron chi connectivity index (χ4n) is 1.21. The molecule has 0 spiro atoms. The van der Waals surface area contributed by atoms with Crippen molar-refractivity contribution >= 4 is 9.84 Å². The number of rotatable bonds is 3. The minimum atomic E-state index is -3.18. The van der Waals surface area contributed by atoms with Crippen molar-refractivity contribution in [3.63, 3.8) is 0 Å². The van der Waals surface area contributed by atoms with Gasteiger partial charge in [-0.3, -0.25) is 4.98 Å². The van der Waals surface area contributed by atoms with Gasteiger partial charge >= 0.3 is 0 Å². The van der Waals surface area contributed by atoms with Gasteiger partial charge in [-0.2, -0.15) is 0 Å². The van der Waals surface area contributed by atoms with Gasteiger partial charge in [0.2, 0.25) is 0 Å². The molecule has 0 aliphatic carbocycles. The first-order chi connectivity index (χ1) is 7.28. The number of aromatic nitrogens is 1. The molecular weight excluding hydrogens is 224 g/mol. The van der Waals surface area contributed by atoms with E-state index in [1.807, 2.05) is 0 Å². The molecule has 0 amide bonds. The van der Waals surface area contributed by atoms with Crippen LogP contribution in [0.4, 0.5) is 0 Å². The molecule has 0 radical (unpaired) electrons. The minimum absolute atomic E-state index is 0.00310. The van der Waals surface area contributed by atoms with Crippen LogP contribution in [0, 0.1) is 0 Å². The predicted molar refractivity (Wildman–Crippen MR) is 64.5 cm³/mol. The number of hydrogen-bond donors (Lipinski definition) is 1. The quantitative estimate of drug-likeness (QED) is 0.866. The van der Waals surface area contributed by atoms with Gasteiger partial charge in [0, 0.05) is 12.7 Å². The first kappa shape index (κ1) is 13.1. The van der Waals surface area contributed by atoms with Crippen LogP contribution >= 0.6 is 0 Å². The van der Waals surface area contributed by atoms with E-state index in [0.29, 0.717) is 11.3 Å². The predicted octanol–water partition coefficient (Wildman–Crippen LogP) is 1.25. The minimum Gasteiger partial charge on any atom is -0.325 e. The van der Waals surface area contributed by atoms with Crippen molar-refractivity contribution in [2.75, 3.05) is 0 Å². The normalized spacial score (nSPS) is 12.8. The molecule has 2 N–H and O–H groups in total. The van der Waals surface area contributed by atoms with Gasteiger partial charge in [0.1, 0.15) is 0 Å². The van der Waals surface area contributed by atoms with E-state index in [1.165, 1.54) is 0 Å². The highest BCUT2D eigenvalue weighted by molar-refractivity contribution is 7.91. The SMILES string of the molecule is CC(C)(C)S(=O)(=O)Cc1cccnc1CN. The van der Waals surface area contributed by atoms with E-state index in [-0.39, 0.29) is 12.3 Å². The van der Waals surface area contributed by atoms with Gasteiger partial charge in [0.15, 0.2) is 9.84 Å². The van der Waals surface area contributed by atoms with Gasteiger partial charge in [0.25, 0.3) is 0 Å². The summed E-state index contributed by atoms with van der Waals surface area (Å²) in [5.74, 6) is -0.00310. The molecule has 0 fully saturated rings. The Morgan fingerprint density at radius 2 is 2.00 bits per heavy atom. The number of nitrogens with zero attached hydrogens (tertiary/aromatic N) is 1. The highest BCUT2D eigenvalue weighted by Crippen LogP contribution is 2.21. The maximum atomic E-state index is 12.0. The second-order valence-electron chi connectivity index (χ2n) is 4.68. The van der Waals surface area contributed by atoms with Crippen LogP contribution in [0.15, 0.2) is 18.3 Å². The summed E-state index contributed by atoms with van der Waals surface area (Å²) in [6.07, 6.45) is 1.62. The summed E-state index contributed by atoms with van der Waals surface area (Å²) < 4.78 is 23.3. The Hall–Kier alpha value is -0.940. The van der Waals surface area contributed by atoms with Gasteiger partial charge in [-0.05, 0) is 32.4 Å². The lowest BCUT2D eigenvalue weighted by molar-refractivity contribution is 0.559. The third kappa shape index (κ3) is 2.80. The fourth-order valence-corrected chi connectivity index (χ4v) is 2.31. The van der Waals surface area contributed by atoms with Gasteiger partial charge in [-0.15, -0.1) is 0 Å². The van der Waals surface area contributed by atoms with Crippen LogP contribution in [-0.4, -0.2) is 18.1 Å². The average Bonchev–Trinajstić information content (AvgIpc) is 2.16. The number of nitrogens with two attached hydrogens (primary N) is 1. The molecule has 16 heavy (non-hydrogen) atoms. The van der Waals surface area contributed by atoms with Gasteiger partial charge in [-0.1, -0.05) is 6.07 Å². The third-order valence-corrected chi connectivity index (χ3v) is 5.01. The van der Waals surface area contributed by atoms with E-state index < -0.39 is 14.6 Å². The summed E-state index contributed by atoms with van der Waals surface area (Å²) in [5.41, 5.74) is 6.86. The van der Waals surface area contributed by atoms with Gasteiger partial charge < -0.3 is 5.73 Å². The fraction of sp³-hybridized carbons (Fsp3) is 0.545. The Kier molecular flexibility index (Phi) is 3.70. The zero-order valence-corrected chi connectivity index (χ0v) is 10.7. The standard InChI is InChI=1S/C11H18N2O2S/c1-11(2,3)16(14,15)8-9-5-4-6-13-10(9)7-12/h4-6H,7-8,12H2,1-3H3. The van der Waals surface area contributed by atoms with Crippen LogP contribution in [0.5, 0.6) is 0 Å². The molecule has 90 valence electrons. The summed E-state index contributed by atoms with van der Waals surface area (Å²) in [7, 11) is -3.18. The maximum absolute atomic E-state index is 12.0. The van der Waals surface area contributed by atoms with E-state index in [9.17, 15) is 8.42 Å². The topological polar surface area (TPSA) is 73.0 Å². The van der Waals surface area contributed by atoms with Crippen molar-refractivity contribution in [1.82, 2.24) is 4.98 Å². The molecule has 4 nitrogen and oxygen atoms in total. The molecule has 0 aliphatic rings. The molecule has 1 heterocycles. The summed E-state index contributed by atoms with van der Waals surface area (Å²) in [4.78, 5) is 4.07. The van der Waals surface area contributed by atoms with Crippen LogP contribution < -0.4 is 5.73 Å². The molecule has 0 saturated carbocycles. The molecule has 0 bridgehead atoms. The van der Waals surface area contributed by atoms with Crippen LogP contribution in [0.2, 0.25) is 0 Å². The Morgan fingerprint density at radius 3 is 2.50 bits per heavy atom. The Labute approximate surface area is 96.8 Å². The highest BCUT2D eigenvalue weighted by atomic mass is 32.2. The first-order valence-corrected chi connectivity index (χ1v) is 6.78. The first-order valence-electron chi connectivity index (χ1n) is 5.13. The number of hydrogen-bond acceptors (Lipinski definition) is 4. The highest BCUT2D eigenvalue weighted by Gasteiger charge is 2.29. The van der Waals surface area contributed by atoms with Crippen molar-refractivity contribution in [2.24, 2.45) is 5.73 Å². The lowest BCUT2D eigenvalue weighted by Crippen LogP contribution is -2.29. The largest absolute Gasteiger partial charge is 0.325 e.